The second kappa shape index (κ2) is 5.24. The minimum Gasteiger partial charge on any atom is -0.507 e. The van der Waals surface area contributed by atoms with Gasteiger partial charge in [-0.1, -0.05) is 0 Å². The summed E-state index contributed by atoms with van der Waals surface area (Å²) in [7, 11) is 0. The molecule has 0 saturated heterocycles. The Morgan fingerprint density at radius 2 is 1.06 bits per heavy atom. The third-order valence-corrected chi connectivity index (χ3v) is 4.05. The molecule has 0 spiro atoms. The number of aryl methyl sites for hydroxylation is 2. The maximum absolute atomic E-state index is 10.1. The molecule has 0 heterocycles. The highest BCUT2D eigenvalue weighted by Crippen LogP contribution is 2.41. The van der Waals surface area contributed by atoms with E-state index in [0.717, 1.165) is 18.3 Å². The Balaban J connectivity index is 2.78. The quantitative estimate of drug-likeness (QED) is 0.605. The molecule has 0 aromatic heterocycles. The molecule has 18 heavy (non-hydrogen) atoms. The summed E-state index contributed by atoms with van der Waals surface area (Å²) in [5, 5.41) is 20.3. The molecule has 2 rings (SSSR count). The molecule has 94 valence electrons. The lowest BCUT2D eigenvalue weighted by atomic mass is 9.95. The van der Waals surface area contributed by atoms with E-state index in [2.05, 4.69) is 45.2 Å². The van der Waals surface area contributed by atoms with Crippen molar-refractivity contribution in [2.24, 2.45) is 0 Å². The van der Waals surface area contributed by atoms with E-state index in [4.69, 9.17) is 0 Å². The molecule has 2 aromatic carbocycles. The second-order valence-electron chi connectivity index (χ2n) is 4.23. The summed E-state index contributed by atoms with van der Waals surface area (Å²) in [6.45, 7) is 3.88. The van der Waals surface area contributed by atoms with Gasteiger partial charge in [-0.05, 0) is 94.4 Å². The first kappa shape index (κ1) is 13.9. The summed E-state index contributed by atoms with van der Waals surface area (Å²) in [6.07, 6.45) is 0. The molecule has 0 aliphatic carbocycles. The molecule has 4 heteroatoms. The minimum absolute atomic E-state index is 0.207. The molecule has 2 N–H and O–H groups in total. The third kappa shape index (κ3) is 2.59. The summed E-state index contributed by atoms with van der Waals surface area (Å²) in [5.41, 5.74) is 3.33. The van der Waals surface area contributed by atoms with Crippen molar-refractivity contribution >= 4 is 45.2 Å². The zero-order valence-corrected chi connectivity index (χ0v) is 14.3. The van der Waals surface area contributed by atoms with E-state index in [-0.39, 0.29) is 11.5 Å². The Morgan fingerprint density at radius 1 is 0.722 bits per heavy atom. The van der Waals surface area contributed by atoms with Crippen molar-refractivity contribution in [3.8, 4) is 22.6 Å². The van der Waals surface area contributed by atoms with Gasteiger partial charge >= 0.3 is 0 Å². The first-order valence-corrected chi connectivity index (χ1v) is 7.54. The lowest BCUT2D eigenvalue weighted by molar-refractivity contribution is 0.468. The van der Waals surface area contributed by atoms with Crippen molar-refractivity contribution < 1.29 is 10.2 Å². The Bertz CT molecular complexity index is 520. The van der Waals surface area contributed by atoms with Crippen molar-refractivity contribution in [3.63, 3.8) is 0 Å². The monoisotopic (exact) mass is 466 g/mol. The number of benzene rings is 2. The number of phenolic OH excluding ortho intramolecular Hbond substituents is 2. The highest BCUT2D eigenvalue weighted by atomic mass is 127. The van der Waals surface area contributed by atoms with Crippen LogP contribution in [0.15, 0.2) is 24.3 Å². The van der Waals surface area contributed by atoms with Gasteiger partial charge in [-0.2, -0.15) is 0 Å². The maximum Gasteiger partial charge on any atom is 0.124 e. The lowest BCUT2D eigenvalue weighted by Gasteiger charge is -2.14. The number of aromatic hydroxyl groups is 2. The molecule has 0 fully saturated rings. The van der Waals surface area contributed by atoms with Crippen LogP contribution in [0.25, 0.3) is 11.1 Å². The van der Waals surface area contributed by atoms with E-state index in [1.165, 1.54) is 0 Å². The van der Waals surface area contributed by atoms with E-state index < -0.39 is 0 Å². The van der Waals surface area contributed by atoms with Gasteiger partial charge in [0.05, 0.1) is 0 Å². The molecule has 0 aliphatic heterocycles. The molecule has 0 aliphatic rings. The summed E-state index contributed by atoms with van der Waals surface area (Å²) in [5.74, 6) is 0.415. The predicted molar refractivity (Wildman–Crippen MR) is 90.1 cm³/mol. The van der Waals surface area contributed by atoms with Gasteiger partial charge in [-0.15, -0.1) is 0 Å². The summed E-state index contributed by atoms with van der Waals surface area (Å²) < 4.78 is 1.96. The maximum atomic E-state index is 10.1. The number of phenols is 2. The Morgan fingerprint density at radius 3 is 1.33 bits per heavy atom. The molecular weight excluding hydrogens is 454 g/mol. The fraction of sp³-hybridized carbons (Fsp3) is 0.143. The minimum atomic E-state index is 0.207. The Hall–Kier alpha value is -0.500. The number of hydrogen-bond donors (Lipinski definition) is 2. The summed E-state index contributed by atoms with van der Waals surface area (Å²) in [6, 6.07) is 7.40. The molecule has 0 saturated carbocycles. The van der Waals surface area contributed by atoms with Crippen LogP contribution in [0.3, 0.4) is 0 Å². The lowest BCUT2D eigenvalue weighted by Crippen LogP contribution is -1.91. The molecular formula is C14H12I2O2. The van der Waals surface area contributed by atoms with Gasteiger partial charge in [0.15, 0.2) is 0 Å². The van der Waals surface area contributed by atoms with Gasteiger partial charge in [0.2, 0.25) is 0 Å². The number of rotatable bonds is 1. The predicted octanol–water partition coefficient (Wildman–Crippen LogP) is 4.59. The van der Waals surface area contributed by atoms with Crippen LogP contribution in [0.2, 0.25) is 0 Å². The standard InChI is InChI=1S/C14H12I2O2/c1-7-3-9(15)5-11(17)13(7)14-8(2)4-10(16)6-12(14)18/h3-6,17-18H,1-2H3. The molecule has 0 radical (unpaired) electrons. The summed E-state index contributed by atoms with van der Waals surface area (Å²) in [4.78, 5) is 0. The fourth-order valence-electron chi connectivity index (χ4n) is 2.10. The highest BCUT2D eigenvalue weighted by Gasteiger charge is 2.16. The molecule has 0 bridgehead atoms. The number of halogens is 2. The largest absolute Gasteiger partial charge is 0.507 e. The van der Waals surface area contributed by atoms with Crippen LogP contribution in [0.4, 0.5) is 0 Å². The van der Waals surface area contributed by atoms with Crippen molar-refractivity contribution in [1.29, 1.82) is 0 Å². The normalized spacial score (nSPS) is 10.7. The van der Waals surface area contributed by atoms with Gasteiger partial charge in [-0.25, -0.2) is 0 Å². The molecule has 2 nitrogen and oxygen atoms in total. The Labute approximate surface area is 133 Å². The van der Waals surface area contributed by atoms with E-state index >= 15 is 0 Å². The summed E-state index contributed by atoms with van der Waals surface area (Å²) >= 11 is 4.33. The third-order valence-electron chi connectivity index (χ3n) is 2.81. The van der Waals surface area contributed by atoms with Crippen molar-refractivity contribution in [1.82, 2.24) is 0 Å². The smallest absolute Gasteiger partial charge is 0.124 e. The van der Waals surface area contributed by atoms with Gasteiger partial charge < -0.3 is 10.2 Å². The van der Waals surface area contributed by atoms with Crippen LogP contribution in [-0.2, 0) is 0 Å². The van der Waals surface area contributed by atoms with Crippen molar-refractivity contribution in [2.75, 3.05) is 0 Å². The molecule has 0 amide bonds. The van der Waals surface area contributed by atoms with Gasteiger partial charge in [0, 0.05) is 18.3 Å². The van der Waals surface area contributed by atoms with E-state index in [1.54, 1.807) is 12.1 Å². The van der Waals surface area contributed by atoms with Crippen LogP contribution in [0.5, 0.6) is 11.5 Å². The SMILES string of the molecule is Cc1cc(I)cc(O)c1-c1c(C)cc(I)cc1O. The highest BCUT2D eigenvalue weighted by molar-refractivity contribution is 14.1. The average molecular weight is 466 g/mol. The van der Waals surface area contributed by atoms with Crippen molar-refractivity contribution in [3.05, 3.63) is 42.5 Å². The molecule has 0 atom stereocenters. The first-order valence-electron chi connectivity index (χ1n) is 5.38. The van der Waals surface area contributed by atoms with E-state index in [1.807, 2.05) is 26.0 Å². The average Bonchev–Trinajstić information content (AvgIpc) is 2.20. The van der Waals surface area contributed by atoms with Gasteiger partial charge in [-0.3, -0.25) is 0 Å². The van der Waals surface area contributed by atoms with Gasteiger partial charge in [0.25, 0.3) is 0 Å². The molecule has 0 unspecified atom stereocenters. The van der Waals surface area contributed by atoms with Crippen LogP contribution in [-0.4, -0.2) is 10.2 Å². The van der Waals surface area contributed by atoms with Crippen LogP contribution < -0.4 is 0 Å². The zero-order chi connectivity index (χ0) is 13.4. The second-order valence-corrected chi connectivity index (χ2v) is 6.72. The van der Waals surface area contributed by atoms with Crippen LogP contribution in [0.1, 0.15) is 11.1 Å². The zero-order valence-electron chi connectivity index (χ0n) is 9.96. The number of hydrogen-bond acceptors (Lipinski definition) is 2. The van der Waals surface area contributed by atoms with Gasteiger partial charge in [0.1, 0.15) is 11.5 Å². The van der Waals surface area contributed by atoms with Crippen molar-refractivity contribution in [2.45, 2.75) is 13.8 Å². The molecule has 2 aromatic rings. The topological polar surface area (TPSA) is 40.5 Å². The van der Waals surface area contributed by atoms with E-state index in [9.17, 15) is 10.2 Å². The van der Waals surface area contributed by atoms with Crippen LogP contribution in [0, 0.1) is 21.0 Å². The van der Waals surface area contributed by atoms with Crippen LogP contribution >= 0.6 is 45.2 Å². The fourth-order valence-corrected chi connectivity index (χ4v) is 3.63. The first-order chi connectivity index (χ1) is 8.40. The van der Waals surface area contributed by atoms with E-state index in [0.29, 0.717) is 11.1 Å². The Kier molecular flexibility index (Phi) is 4.05.